The molecule has 1 N–H and O–H groups in total. The molecule has 1 atom stereocenters. The summed E-state index contributed by atoms with van der Waals surface area (Å²) in [6.07, 6.45) is 6.54. The molecule has 1 saturated carbocycles. The van der Waals surface area contributed by atoms with Gasteiger partial charge in [0, 0.05) is 18.0 Å². The van der Waals surface area contributed by atoms with Gasteiger partial charge in [-0.2, -0.15) is 0 Å². The highest BCUT2D eigenvalue weighted by Crippen LogP contribution is 2.41. The molecule has 1 saturated heterocycles. The molecule has 0 radical (unpaired) electrons. The van der Waals surface area contributed by atoms with Crippen molar-refractivity contribution in [3.8, 4) is 5.75 Å². The molecule has 0 amide bonds. The van der Waals surface area contributed by atoms with E-state index in [0.717, 1.165) is 38.0 Å². The molecule has 1 aromatic carbocycles. The average Bonchev–Trinajstić information content (AvgIpc) is 3.02. The van der Waals surface area contributed by atoms with Gasteiger partial charge in [0.05, 0.1) is 18.6 Å². The number of sulfone groups is 1. The number of rotatable bonds is 5. The highest BCUT2D eigenvalue weighted by atomic mass is 32.2. The van der Waals surface area contributed by atoms with Crippen molar-refractivity contribution in [2.24, 2.45) is 0 Å². The largest absolute Gasteiger partial charge is 0.497 e. The summed E-state index contributed by atoms with van der Waals surface area (Å²) in [7, 11) is -1.16. The molecular formula is C18H27NO3S. The summed E-state index contributed by atoms with van der Waals surface area (Å²) in [6, 6.07) is 8.47. The first-order valence-corrected chi connectivity index (χ1v) is 10.4. The predicted molar refractivity (Wildman–Crippen MR) is 92.8 cm³/mol. The molecule has 2 fully saturated rings. The van der Waals surface area contributed by atoms with Crippen LogP contribution in [0, 0.1) is 0 Å². The van der Waals surface area contributed by atoms with Crippen LogP contribution in [0.3, 0.4) is 0 Å². The van der Waals surface area contributed by atoms with Crippen molar-refractivity contribution in [2.45, 2.75) is 50.0 Å². The van der Waals surface area contributed by atoms with Crippen LogP contribution in [-0.2, 0) is 15.3 Å². The fourth-order valence-corrected chi connectivity index (χ4v) is 5.77. The van der Waals surface area contributed by atoms with E-state index in [1.165, 1.54) is 18.4 Å². The molecule has 3 rings (SSSR count). The van der Waals surface area contributed by atoms with Crippen LogP contribution in [0.1, 0.15) is 44.1 Å². The molecule has 1 aliphatic heterocycles. The van der Waals surface area contributed by atoms with Crippen molar-refractivity contribution < 1.29 is 13.2 Å². The number of ether oxygens (including phenoxy) is 1. The quantitative estimate of drug-likeness (QED) is 0.897. The highest BCUT2D eigenvalue weighted by molar-refractivity contribution is 7.91. The molecule has 23 heavy (non-hydrogen) atoms. The third-order valence-corrected chi connectivity index (χ3v) is 7.26. The van der Waals surface area contributed by atoms with Gasteiger partial charge in [0.1, 0.15) is 5.75 Å². The van der Waals surface area contributed by atoms with Crippen LogP contribution in [0.5, 0.6) is 5.75 Å². The van der Waals surface area contributed by atoms with Crippen molar-refractivity contribution in [1.82, 2.24) is 5.32 Å². The highest BCUT2D eigenvalue weighted by Gasteiger charge is 2.37. The fourth-order valence-electron chi connectivity index (χ4n) is 4.10. The standard InChI is InChI=1S/C18H27NO3S/c1-22-17-8-4-6-15(12-17)18(9-2-3-10-18)14-19-16-7-5-11-23(20,21)13-16/h4,6,8,12,16,19H,2-3,5,7,9-11,13-14H2,1H3/t16-/m1/s1. The minimum Gasteiger partial charge on any atom is -0.497 e. The molecule has 0 bridgehead atoms. The molecule has 128 valence electrons. The number of nitrogens with one attached hydrogen (secondary N) is 1. The predicted octanol–water partition coefficient (Wildman–Crippen LogP) is 2.67. The summed E-state index contributed by atoms with van der Waals surface area (Å²) >= 11 is 0. The minimum absolute atomic E-state index is 0.108. The topological polar surface area (TPSA) is 55.4 Å². The van der Waals surface area contributed by atoms with Crippen molar-refractivity contribution in [3.05, 3.63) is 29.8 Å². The van der Waals surface area contributed by atoms with Crippen LogP contribution in [0.25, 0.3) is 0 Å². The second-order valence-corrected chi connectivity index (χ2v) is 9.28. The SMILES string of the molecule is COc1cccc(C2(CN[C@@H]3CCCS(=O)(=O)C3)CCCC2)c1. The van der Waals surface area contributed by atoms with Gasteiger partial charge in [-0.3, -0.25) is 0 Å². The first kappa shape index (κ1) is 16.8. The van der Waals surface area contributed by atoms with E-state index in [1.54, 1.807) is 7.11 Å². The lowest BCUT2D eigenvalue weighted by Gasteiger charge is -2.33. The molecular weight excluding hydrogens is 310 g/mol. The maximum absolute atomic E-state index is 11.8. The number of benzene rings is 1. The first-order valence-electron chi connectivity index (χ1n) is 8.61. The Labute approximate surface area is 139 Å². The van der Waals surface area contributed by atoms with Crippen molar-refractivity contribution in [1.29, 1.82) is 0 Å². The van der Waals surface area contributed by atoms with Gasteiger partial charge >= 0.3 is 0 Å². The van der Waals surface area contributed by atoms with Crippen LogP contribution >= 0.6 is 0 Å². The van der Waals surface area contributed by atoms with E-state index in [4.69, 9.17) is 4.74 Å². The van der Waals surface area contributed by atoms with E-state index >= 15 is 0 Å². The van der Waals surface area contributed by atoms with E-state index in [-0.39, 0.29) is 11.5 Å². The summed E-state index contributed by atoms with van der Waals surface area (Å²) in [5.41, 5.74) is 1.44. The lowest BCUT2D eigenvalue weighted by atomic mass is 9.78. The van der Waals surface area contributed by atoms with Crippen LogP contribution in [-0.4, -0.2) is 39.6 Å². The zero-order chi connectivity index (χ0) is 16.3. The summed E-state index contributed by atoms with van der Waals surface area (Å²) < 4.78 is 29.0. The Morgan fingerprint density at radius 1 is 1.26 bits per heavy atom. The molecule has 1 aromatic rings. The minimum atomic E-state index is -2.86. The lowest BCUT2D eigenvalue weighted by molar-refractivity contribution is 0.364. The average molecular weight is 337 g/mol. The van der Waals surface area contributed by atoms with E-state index in [1.807, 2.05) is 6.07 Å². The zero-order valence-electron chi connectivity index (χ0n) is 13.9. The van der Waals surface area contributed by atoms with Crippen molar-refractivity contribution >= 4 is 9.84 Å². The van der Waals surface area contributed by atoms with Crippen LogP contribution in [0.4, 0.5) is 0 Å². The fraction of sp³-hybridized carbons (Fsp3) is 0.667. The van der Waals surface area contributed by atoms with Gasteiger partial charge < -0.3 is 10.1 Å². The van der Waals surface area contributed by atoms with E-state index in [9.17, 15) is 8.42 Å². The van der Waals surface area contributed by atoms with Crippen LogP contribution < -0.4 is 10.1 Å². The molecule has 0 spiro atoms. The summed E-state index contributed by atoms with van der Waals surface area (Å²) in [5, 5.41) is 3.58. The van der Waals surface area contributed by atoms with Gasteiger partial charge in [-0.1, -0.05) is 25.0 Å². The Hall–Kier alpha value is -1.07. The molecule has 0 aromatic heterocycles. The summed E-state index contributed by atoms with van der Waals surface area (Å²) in [5.74, 6) is 1.54. The second kappa shape index (κ2) is 6.81. The van der Waals surface area contributed by atoms with Crippen LogP contribution in [0.15, 0.2) is 24.3 Å². The Bertz CT molecular complexity index is 635. The van der Waals surface area contributed by atoms with Gasteiger partial charge in [0.25, 0.3) is 0 Å². The van der Waals surface area contributed by atoms with Gasteiger partial charge in [-0.15, -0.1) is 0 Å². The lowest BCUT2D eigenvalue weighted by Crippen LogP contribution is -2.46. The zero-order valence-corrected chi connectivity index (χ0v) is 14.7. The molecule has 2 aliphatic rings. The smallest absolute Gasteiger partial charge is 0.151 e. The number of hydrogen-bond acceptors (Lipinski definition) is 4. The Morgan fingerprint density at radius 3 is 2.74 bits per heavy atom. The van der Waals surface area contributed by atoms with Crippen molar-refractivity contribution in [2.75, 3.05) is 25.2 Å². The van der Waals surface area contributed by atoms with Gasteiger partial charge in [-0.05, 0) is 43.4 Å². The second-order valence-electron chi connectivity index (χ2n) is 7.05. The van der Waals surface area contributed by atoms with Gasteiger partial charge in [0.2, 0.25) is 0 Å². The third kappa shape index (κ3) is 3.89. The maximum atomic E-state index is 11.8. The Morgan fingerprint density at radius 2 is 2.04 bits per heavy atom. The number of hydrogen-bond donors (Lipinski definition) is 1. The first-order chi connectivity index (χ1) is 11.0. The molecule has 4 nitrogen and oxygen atoms in total. The van der Waals surface area contributed by atoms with Gasteiger partial charge in [0.15, 0.2) is 9.84 Å². The number of methoxy groups -OCH3 is 1. The van der Waals surface area contributed by atoms with E-state index in [0.29, 0.717) is 11.5 Å². The summed E-state index contributed by atoms with van der Waals surface area (Å²) in [6.45, 7) is 0.861. The monoisotopic (exact) mass is 337 g/mol. The Kier molecular flexibility index (Phi) is 4.97. The maximum Gasteiger partial charge on any atom is 0.151 e. The van der Waals surface area contributed by atoms with Crippen molar-refractivity contribution in [3.63, 3.8) is 0 Å². The Balaban J connectivity index is 1.73. The molecule has 0 unspecified atom stereocenters. The van der Waals surface area contributed by atoms with Gasteiger partial charge in [-0.25, -0.2) is 8.42 Å². The molecule has 5 heteroatoms. The van der Waals surface area contributed by atoms with E-state index < -0.39 is 9.84 Å². The molecule has 1 heterocycles. The molecule has 1 aliphatic carbocycles. The van der Waals surface area contributed by atoms with Crippen LogP contribution in [0.2, 0.25) is 0 Å². The summed E-state index contributed by atoms with van der Waals surface area (Å²) in [4.78, 5) is 0. The normalized spacial score (nSPS) is 26.0. The van der Waals surface area contributed by atoms with E-state index in [2.05, 4.69) is 23.5 Å². The third-order valence-electron chi connectivity index (χ3n) is 5.43.